The van der Waals surface area contributed by atoms with Crippen LogP contribution < -0.4 is 0 Å². The third-order valence-electron chi connectivity index (χ3n) is 4.32. The van der Waals surface area contributed by atoms with Crippen LogP contribution in [-0.4, -0.2) is 16.1 Å². The number of carboxylic acid groups (broad SMARTS) is 1. The van der Waals surface area contributed by atoms with Gasteiger partial charge in [0.05, 0.1) is 5.69 Å². The molecule has 1 aromatic rings. The van der Waals surface area contributed by atoms with Gasteiger partial charge in [-0.15, -0.1) is 0 Å². The van der Waals surface area contributed by atoms with Crippen LogP contribution in [0.25, 0.3) is 0 Å². The predicted molar refractivity (Wildman–Crippen MR) is 77.0 cm³/mol. The molecule has 20 heavy (non-hydrogen) atoms. The van der Waals surface area contributed by atoms with Crippen molar-refractivity contribution in [1.82, 2.24) is 4.98 Å². The summed E-state index contributed by atoms with van der Waals surface area (Å²) in [5.41, 5.74) is 0.734. The summed E-state index contributed by atoms with van der Waals surface area (Å²) in [5, 5.41) is 9.29. The van der Waals surface area contributed by atoms with E-state index in [1.54, 1.807) is 0 Å². The van der Waals surface area contributed by atoms with Gasteiger partial charge in [-0.1, -0.05) is 40.5 Å². The highest BCUT2D eigenvalue weighted by Crippen LogP contribution is 2.46. The van der Waals surface area contributed by atoms with E-state index < -0.39 is 5.97 Å². The summed E-state index contributed by atoms with van der Waals surface area (Å²) in [5.74, 6) is 0.256. The number of oxazole rings is 1. The molecule has 1 fully saturated rings. The Morgan fingerprint density at radius 1 is 1.45 bits per heavy atom. The fourth-order valence-electron chi connectivity index (χ4n) is 3.16. The Labute approximate surface area is 120 Å². The Balaban J connectivity index is 2.34. The first-order valence-electron chi connectivity index (χ1n) is 7.54. The van der Waals surface area contributed by atoms with Crippen molar-refractivity contribution in [3.63, 3.8) is 0 Å². The molecule has 0 bridgehead atoms. The molecule has 0 amide bonds. The van der Waals surface area contributed by atoms with Crippen molar-refractivity contribution in [3.05, 3.63) is 17.3 Å². The number of aromatic carboxylic acids is 1. The third kappa shape index (κ3) is 3.05. The quantitative estimate of drug-likeness (QED) is 0.894. The van der Waals surface area contributed by atoms with Gasteiger partial charge in [0, 0.05) is 5.92 Å². The normalized spacial score (nSPS) is 22.1. The van der Waals surface area contributed by atoms with Crippen molar-refractivity contribution in [3.8, 4) is 0 Å². The van der Waals surface area contributed by atoms with Crippen LogP contribution in [0.5, 0.6) is 0 Å². The smallest absolute Gasteiger partial charge is 0.373 e. The molecule has 0 aromatic carbocycles. The van der Waals surface area contributed by atoms with Crippen LogP contribution in [0.3, 0.4) is 0 Å². The lowest BCUT2D eigenvalue weighted by molar-refractivity contribution is 0.0652. The summed E-state index contributed by atoms with van der Waals surface area (Å²) in [4.78, 5) is 15.9. The summed E-state index contributed by atoms with van der Waals surface area (Å²) in [6.45, 7) is 8.57. The summed E-state index contributed by atoms with van der Waals surface area (Å²) in [6, 6.07) is 0. The first-order chi connectivity index (χ1) is 9.31. The van der Waals surface area contributed by atoms with E-state index in [1.165, 1.54) is 12.8 Å². The number of nitrogens with zero attached hydrogens (tertiary/aromatic N) is 1. The average Bonchev–Trinajstić information content (AvgIpc) is 2.71. The van der Waals surface area contributed by atoms with Gasteiger partial charge in [-0.05, 0) is 30.6 Å². The van der Waals surface area contributed by atoms with Gasteiger partial charge in [0.15, 0.2) is 5.89 Å². The van der Waals surface area contributed by atoms with E-state index in [-0.39, 0.29) is 17.1 Å². The second-order valence-corrected chi connectivity index (χ2v) is 7.02. The van der Waals surface area contributed by atoms with Crippen LogP contribution in [0.4, 0.5) is 0 Å². The fraction of sp³-hybridized carbons (Fsp3) is 0.750. The number of hydrogen-bond donors (Lipinski definition) is 1. The monoisotopic (exact) mass is 279 g/mol. The molecule has 4 nitrogen and oxygen atoms in total. The minimum absolute atomic E-state index is 0.0371. The molecule has 0 aliphatic heterocycles. The van der Waals surface area contributed by atoms with Gasteiger partial charge in [0.2, 0.25) is 5.76 Å². The molecular formula is C16H25NO3. The molecule has 1 heterocycles. The zero-order chi connectivity index (χ0) is 14.9. The Kier molecular flexibility index (Phi) is 4.21. The zero-order valence-electron chi connectivity index (χ0n) is 12.9. The Morgan fingerprint density at radius 3 is 2.70 bits per heavy atom. The molecule has 0 spiro atoms. The standard InChI is InChI=1S/C16H25NO3/c1-10(2)9-12-13(15(18)19)20-14(17-12)11-7-5-6-8-16(11,3)4/h10-11H,5-9H2,1-4H3,(H,18,19). The van der Waals surface area contributed by atoms with Crippen LogP contribution in [0.2, 0.25) is 0 Å². The summed E-state index contributed by atoms with van der Waals surface area (Å²) < 4.78 is 5.64. The molecule has 1 atom stereocenters. The molecule has 1 saturated carbocycles. The van der Waals surface area contributed by atoms with Crippen LogP contribution >= 0.6 is 0 Å². The van der Waals surface area contributed by atoms with Crippen molar-refractivity contribution in [2.45, 2.75) is 65.7 Å². The topological polar surface area (TPSA) is 63.3 Å². The second kappa shape index (κ2) is 5.58. The van der Waals surface area contributed by atoms with Crippen molar-refractivity contribution < 1.29 is 14.3 Å². The Bertz CT molecular complexity index is 488. The highest BCUT2D eigenvalue weighted by atomic mass is 16.4. The molecule has 1 aliphatic carbocycles. The fourth-order valence-corrected chi connectivity index (χ4v) is 3.16. The third-order valence-corrected chi connectivity index (χ3v) is 4.32. The summed E-state index contributed by atoms with van der Waals surface area (Å²) in [6.07, 6.45) is 5.22. The maximum absolute atomic E-state index is 11.3. The van der Waals surface area contributed by atoms with Gasteiger partial charge >= 0.3 is 5.97 Å². The molecule has 1 N–H and O–H groups in total. The van der Waals surface area contributed by atoms with E-state index in [4.69, 9.17) is 4.42 Å². The van der Waals surface area contributed by atoms with E-state index in [2.05, 4.69) is 32.7 Å². The second-order valence-electron chi connectivity index (χ2n) is 7.02. The molecular weight excluding hydrogens is 254 g/mol. The van der Waals surface area contributed by atoms with Gasteiger partial charge in [0.25, 0.3) is 0 Å². The lowest BCUT2D eigenvalue weighted by Gasteiger charge is -2.36. The molecule has 112 valence electrons. The van der Waals surface area contributed by atoms with Gasteiger partial charge < -0.3 is 9.52 Å². The predicted octanol–water partition coefficient (Wildman–Crippen LogP) is 4.26. The molecule has 1 aromatic heterocycles. The van der Waals surface area contributed by atoms with E-state index >= 15 is 0 Å². The largest absolute Gasteiger partial charge is 0.475 e. The van der Waals surface area contributed by atoms with Crippen LogP contribution in [0, 0.1) is 11.3 Å². The lowest BCUT2D eigenvalue weighted by Crippen LogP contribution is -2.26. The molecule has 1 unspecified atom stereocenters. The summed E-state index contributed by atoms with van der Waals surface area (Å²) >= 11 is 0. The number of rotatable bonds is 4. The van der Waals surface area contributed by atoms with E-state index in [9.17, 15) is 9.90 Å². The lowest BCUT2D eigenvalue weighted by atomic mass is 9.69. The number of hydrogen-bond acceptors (Lipinski definition) is 3. The minimum Gasteiger partial charge on any atom is -0.475 e. The van der Waals surface area contributed by atoms with Crippen molar-refractivity contribution >= 4 is 5.97 Å². The molecule has 0 radical (unpaired) electrons. The maximum atomic E-state index is 11.3. The number of carbonyl (C=O) groups is 1. The van der Waals surface area contributed by atoms with Gasteiger partial charge in [-0.2, -0.15) is 0 Å². The van der Waals surface area contributed by atoms with Gasteiger partial charge in [-0.25, -0.2) is 9.78 Å². The molecule has 4 heteroatoms. The van der Waals surface area contributed by atoms with E-state index in [0.29, 0.717) is 23.9 Å². The van der Waals surface area contributed by atoms with Crippen molar-refractivity contribution in [2.75, 3.05) is 0 Å². The number of aromatic nitrogens is 1. The van der Waals surface area contributed by atoms with Crippen molar-refractivity contribution in [2.24, 2.45) is 11.3 Å². The van der Waals surface area contributed by atoms with Crippen LogP contribution in [-0.2, 0) is 6.42 Å². The van der Waals surface area contributed by atoms with Crippen LogP contribution in [0.15, 0.2) is 4.42 Å². The van der Waals surface area contributed by atoms with E-state index in [0.717, 1.165) is 12.8 Å². The first-order valence-corrected chi connectivity index (χ1v) is 7.54. The van der Waals surface area contributed by atoms with Gasteiger partial charge in [-0.3, -0.25) is 0 Å². The highest BCUT2D eigenvalue weighted by Gasteiger charge is 2.37. The molecule has 0 saturated heterocycles. The first kappa shape index (κ1) is 15.1. The number of carboxylic acids is 1. The minimum atomic E-state index is -1.01. The van der Waals surface area contributed by atoms with Crippen LogP contribution in [0.1, 0.15) is 81.4 Å². The summed E-state index contributed by atoms with van der Waals surface area (Å²) in [7, 11) is 0. The Hall–Kier alpha value is -1.32. The average molecular weight is 279 g/mol. The molecule has 1 aliphatic rings. The van der Waals surface area contributed by atoms with Gasteiger partial charge in [0.1, 0.15) is 0 Å². The highest BCUT2D eigenvalue weighted by molar-refractivity contribution is 5.85. The molecule has 2 rings (SSSR count). The maximum Gasteiger partial charge on any atom is 0.373 e. The SMILES string of the molecule is CC(C)Cc1nc(C2CCCCC2(C)C)oc1C(=O)O. The Morgan fingerprint density at radius 2 is 2.15 bits per heavy atom. The van der Waals surface area contributed by atoms with Crippen molar-refractivity contribution in [1.29, 1.82) is 0 Å². The zero-order valence-corrected chi connectivity index (χ0v) is 12.9. The van der Waals surface area contributed by atoms with E-state index in [1.807, 2.05) is 0 Å².